The zero-order valence-electron chi connectivity index (χ0n) is 11.8. The number of carbonyl (C=O) groups excluding carboxylic acids is 1. The average Bonchev–Trinajstić information content (AvgIpc) is 2.82. The van der Waals surface area contributed by atoms with Gasteiger partial charge in [-0.1, -0.05) is 24.3 Å². The molecule has 1 aromatic heterocycles. The molecule has 1 aliphatic carbocycles. The van der Waals surface area contributed by atoms with E-state index in [-0.39, 0.29) is 0 Å². The highest BCUT2D eigenvalue weighted by Gasteiger charge is 2.38. The first kappa shape index (κ1) is 15.5. The number of hydrogen-bond donors (Lipinski definition) is 2. The number of aliphatic hydroxyl groups is 1. The normalized spacial score (nSPS) is 20.2. The molecule has 1 aliphatic rings. The van der Waals surface area contributed by atoms with Crippen molar-refractivity contribution in [1.29, 1.82) is 0 Å². The number of amides is 1. The average molecular weight is 322 g/mol. The van der Waals surface area contributed by atoms with Crippen LogP contribution in [0, 0.1) is 0 Å². The third-order valence-electron chi connectivity index (χ3n) is 3.81. The summed E-state index contributed by atoms with van der Waals surface area (Å²) in [6.45, 7) is 0. The van der Waals surface area contributed by atoms with Crippen molar-refractivity contribution in [1.82, 2.24) is 10.3 Å². The SMILES string of the molecule is O=C(N[C@H]1c2ccccc2C[C@@H]1O)c1cccnc1C(F)(F)F. The van der Waals surface area contributed by atoms with Gasteiger partial charge >= 0.3 is 6.18 Å². The molecular formula is C16H13F3N2O2. The maximum atomic E-state index is 12.9. The number of aromatic nitrogens is 1. The molecule has 0 unspecified atom stereocenters. The largest absolute Gasteiger partial charge is 0.434 e. The molecule has 2 N–H and O–H groups in total. The van der Waals surface area contributed by atoms with Gasteiger partial charge in [-0.2, -0.15) is 13.2 Å². The van der Waals surface area contributed by atoms with E-state index < -0.39 is 35.5 Å². The minimum atomic E-state index is -4.72. The van der Waals surface area contributed by atoms with Crippen LogP contribution in [0.25, 0.3) is 0 Å². The molecule has 0 fully saturated rings. The van der Waals surface area contributed by atoms with Gasteiger partial charge in [0.2, 0.25) is 0 Å². The fraction of sp³-hybridized carbons (Fsp3) is 0.250. The lowest BCUT2D eigenvalue weighted by Crippen LogP contribution is -2.35. The Hall–Kier alpha value is -2.41. The second-order valence-corrected chi connectivity index (χ2v) is 5.32. The monoisotopic (exact) mass is 322 g/mol. The number of benzene rings is 1. The summed E-state index contributed by atoms with van der Waals surface area (Å²) < 4.78 is 38.8. The molecule has 2 aromatic rings. The highest BCUT2D eigenvalue weighted by Crippen LogP contribution is 2.33. The van der Waals surface area contributed by atoms with Gasteiger partial charge < -0.3 is 10.4 Å². The Balaban J connectivity index is 1.89. The van der Waals surface area contributed by atoms with Crippen molar-refractivity contribution in [2.75, 3.05) is 0 Å². The Bertz CT molecular complexity index is 746. The van der Waals surface area contributed by atoms with E-state index in [0.717, 1.165) is 17.8 Å². The molecular weight excluding hydrogens is 309 g/mol. The highest BCUT2D eigenvalue weighted by atomic mass is 19.4. The van der Waals surface area contributed by atoms with Crippen LogP contribution in [0.1, 0.15) is 33.2 Å². The highest BCUT2D eigenvalue weighted by molar-refractivity contribution is 5.95. The number of aliphatic hydroxyl groups excluding tert-OH is 1. The lowest BCUT2D eigenvalue weighted by atomic mass is 10.1. The third-order valence-corrected chi connectivity index (χ3v) is 3.81. The summed E-state index contributed by atoms with van der Waals surface area (Å²) in [7, 11) is 0. The van der Waals surface area contributed by atoms with Gasteiger partial charge in [-0.05, 0) is 23.3 Å². The van der Waals surface area contributed by atoms with E-state index in [2.05, 4.69) is 10.3 Å². The smallest absolute Gasteiger partial charge is 0.390 e. The molecule has 23 heavy (non-hydrogen) atoms. The maximum Gasteiger partial charge on any atom is 0.434 e. The second-order valence-electron chi connectivity index (χ2n) is 5.32. The molecule has 4 nitrogen and oxygen atoms in total. The third kappa shape index (κ3) is 2.92. The van der Waals surface area contributed by atoms with Crippen molar-refractivity contribution in [3.05, 3.63) is 65.0 Å². The molecule has 0 bridgehead atoms. The number of alkyl halides is 3. The van der Waals surface area contributed by atoms with Crippen molar-refractivity contribution in [3.63, 3.8) is 0 Å². The summed E-state index contributed by atoms with van der Waals surface area (Å²) in [5.74, 6) is -0.911. The van der Waals surface area contributed by atoms with Gasteiger partial charge in [0, 0.05) is 12.6 Å². The van der Waals surface area contributed by atoms with Crippen LogP contribution in [0.5, 0.6) is 0 Å². The zero-order valence-corrected chi connectivity index (χ0v) is 11.8. The van der Waals surface area contributed by atoms with E-state index in [4.69, 9.17) is 0 Å². The Morgan fingerprint density at radius 3 is 2.70 bits per heavy atom. The minimum absolute atomic E-state index is 0.348. The number of nitrogens with zero attached hydrogens (tertiary/aromatic N) is 1. The minimum Gasteiger partial charge on any atom is -0.390 e. The topological polar surface area (TPSA) is 62.2 Å². The van der Waals surface area contributed by atoms with Gasteiger partial charge in [0.1, 0.15) is 0 Å². The van der Waals surface area contributed by atoms with Crippen molar-refractivity contribution < 1.29 is 23.1 Å². The first-order valence-corrected chi connectivity index (χ1v) is 6.97. The summed E-state index contributed by atoms with van der Waals surface area (Å²) in [5.41, 5.74) is -0.215. The fourth-order valence-electron chi connectivity index (χ4n) is 2.78. The summed E-state index contributed by atoms with van der Waals surface area (Å²) in [6.07, 6.45) is -4.26. The van der Waals surface area contributed by atoms with E-state index in [1.54, 1.807) is 18.2 Å². The molecule has 0 aliphatic heterocycles. The summed E-state index contributed by atoms with van der Waals surface area (Å²) >= 11 is 0. The van der Waals surface area contributed by atoms with E-state index in [0.29, 0.717) is 12.0 Å². The molecule has 1 amide bonds. The molecule has 3 rings (SSSR count). The molecule has 2 atom stereocenters. The Morgan fingerprint density at radius 1 is 1.22 bits per heavy atom. The van der Waals surface area contributed by atoms with Crippen LogP contribution in [-0.4, -0.2) is 22.1 Å². The number of rotatable bonds is 2. The van der Waals surface area contributed by atoms with Crippen LogP contribution >= 0.6 is 0 Å². The quantitative estimate of drug-likeness (QED) is 0.893. The molecule has 0 spiro atoms. The standard InChI is InChI=1S/C16H13F3N2O2/c17-16(18,19)14-11(6-3-7-20-14)15(23)21-13-10-5-2-1-4-9(10)8-12(13)22/h1-7,12-13,22H,8H2,(H,21,23)/t12-,13-/m0/s1. The first-order chi connectivity index (χ1) is 10.9. The molecule has 120 valence electrons. The zero-order chi connectivity index (χ0) is 16.6. The van der Waals surface area contributed by atoms with Crippen molar-refractivity contribution in [3.8, 4) is 0 Å². The van der Waals surface area contributed by atoms with E-state index in [9.17, 15) is 23.1 Å². The lowest BCUT2D eigenvalue weighted by Gasteiger charge is -2.19. The van der Waals surface area contributed by atoms with Gasteiger partial charge in [-0.25, -0.2) is 0 Å². The van der Waals surface area contributed by atoms with E-state index in [1.807, 2.05) is 6.07 Å². The Kier molecular flexibility index (Phi) is 3.81. The summed E-state index contributed by atoms with van der Waals surface area (Å²) in [5, 5.41) is 12.6. The van der Waals surface area contributed by atoms with Crippen LogP contribution in [0.3, 0.4) is 0 Å². The van der Waals surface area contributed by atoms with Crippen molar-refractivity contribution >= 4 is 5.91 Å². The number of pyridine rings is 1. The fourth-order valence-corrected chi connectivity index (χ4v) is 2.78. The van der Waals surface area contributed by atoms with Crippen molar-refractivity contribution in [2.45, 2.75) is 24.7 Å². The van der Waals surface area contributed by atoms with Gasteiger partial charge in [0.15, 0.2) is 5.69 Å². The molecule has 7 heteroatoms. The number of carbonyl (C=O) groups is 1. The van der Waals surface area contributed by atoms with Crippen molar-refractivity contribution in [2.24, 2.45) is 0 Å². The van der Waals surface area contributed by atoms with Crippen LogP contribution in [-0.2, 0) is 12.6 Å². The molecule has 1 heterocycles. The number of nitrogens with one attached hydrogen (secondary N) is 1. The van der Waals surface area contributed by atoms with Crippen LogP contribution in [0.4, 0.5) is 13.2 Å². The predicted octanol–water partition coefficient (Wildman–Crippen LogP) is 2.49. The van der Waals surface area contributed by atoms with Gasteiger partial charge in [0.25, 0.3) is 5.91 Å². The molecule has 0 saturated heterocycles. The maximum absolute atomic E-state index is 12.9. The molecule has 1 aromatic carbocycles. The second kappa shape index (κ2) is 5.66. The molecule has 0 radical (unpaired) electrons. The summed E-state index contributed by atoms with van der Waals surface area (Å²) in [4.78, 5) is 15.5. The van der Waals surface area contributed by atoms with E-state index in [1.165, 1.54) is 6.07 Å². The lowest BCUT2D eigenvalue weighted by molar-refractivity contribution is -0.141. The summed E-state index contributed by atoms with van der Waals surface area (Å²) in [6, 6.07) is 8.71. The van der Waals surface area contributed by atoms with Crippen LogP contribution < -0.4 is 5.32 Å². The number of fused-ring (bicyclic) bond motifs is 1. The number of halogens is 3. The van der Waals surface area contributed by atoms with Crippen LogP contribution in [0.15, 0.2) is 42.6 Å². The van der Waals surface area contributed by atoms with E-state index >= 15 is 0 Å². The Morgan fingerprint density at radius 2 is 1.96 bits per heavy atom. The first-order valence-electron chi connectivity index (χ1n) is 6.97. The van der Waals surface area contributed by atoms with Crippen LogP contribution in [0.2, 0.25) is 0 Å². The van der Waals surface area contributed by atoms with Gasteiger partial charge in [-0.3, -0.25) is 9.78 Å². The molecule has 0 saturated carbocycles. The predicted molar refractivity (Wildman–Crippen MR) is 75.6 cm³/mol. The van der Waals surface area contributed by atoms with Gasteiger partial charge in [0.05, 0.1) is 17.7 Å². The van der Waals surface area contributed by atoms with Gasteiger partial charge in [-0.15, -0.1) is 0 Å². The Labute approximate surface area is 130 Å². The number of hydrogen-bond acceptors (Lipinski definition) is 3.